The molecule has 0 unspecified atom stereocenters. The summed E-state index contributed by atoms with van der Waals surface area (Å²) >= 11 is 0. The molecule has 0 bridgehead atoms. The molecule has 0 aromatic heterocycles. The Hall–Kier alpha value is -4.06. The van der Waals surface area contributed by atoms with Gasteiger partial charge in [0, 0.05) is 19.0 Å². The van der Waals surface area contributed by atoms with Crippen LogP contribution in [0, 0.1) is 15.9 Å². The fourth-order valence-corrected chi connectivity index (χ4v) is 2.80. The quantitative estimate of drug-likeness (QED) is 0.284. The number of aliphatic hydroxyl groups excluding tert-OH is 1. The number of amides is 3. The first kappa shape index (κ1) is 25.2. The van der Waals surface area contributed by atoms with E-state index in [9.17, 15) is 34.0 Å². The summed E-state index contributed by atoms with van der Waals surface area (Å²) in [5.74, 6) is -2.71. The smallest absolute Gasteiger partial charge is 0.407 e. The number of aliphatic hydroxyl groups is 1. The number of primary amides is 1. The van der Waals surface area contributed by atoms with E-state index in [-0.39, 0.29) is 25.1 Å². The molecule has 0 fully saturated rings. The summed E-state index contributed by atoms with van der Waals surface area (Å²) in [5, 5.41) is 25.4. The van der Waals surface area contributed by atoms with E-state index in [2.05, 4.69) is 10.6 Å². The number of nitrogens with two attached hydrogens (primary N) is 1. The lowest BCUT2D eigenvalue weighted by atomic mass is 10.0. The lowest BCUT2D eigenvalue weighted by molar-refractivity contribution is -0.387. The first-order valence-electron chi connectivity index (χ1n) is 9.79. The number of rotatable bonds is 11. The summed E-state index contributed by atoms with van der Waals surface area (Å²) in [6, 6.07) is 10.7. The zero-order chi connectivity index (χ0) is 24.4. The Labute approximate surface area is 187 Å². The van der Waals surface area contributed by atoms with Gasteiger partial charge in [0.2, 0.25) is 17.6 Å². The summed E-state index contributed by atoms with van der Waals surface area (Å²) in [5.41, 5.74) is 5.48. The van der Waals surface area contributed by atoms with Gasteiger partial charge in [-0.1, -0.05) is 36.4 Å². The number of hydrogen-bond acceptors (Lipinski definition) is 7. The van der Waals surface area contributed by atoms with E-state index in [0.717, 1.165) is 17.7 Å². The average molecular weight is 462 g/mol. The van der Waals surface area contributed by atoms with Crippen LogP contribution in [0.2, 0.25) is 0 Å². The molecule has 11 nitrogen and oxygen atoms in total. The highest BCUT2D eigenvalue weighted by atomic mass is 19.1. The molecule has 0 aliphatic heterocycles. The van der Waals surface area contributed by atoms with Crippen LogP contribution in [0.5, 0.6) is 0 Å². The van der Waals surface area contributed by atoms with Crippen LogP contribution in [0.1, 0.15) is 17.5 Å². The highest BCUT2D eigenvalue weighted by Crippen LogP contribution is 2.19. The number of ether oxygens (including phenoxy) is 1. The normalized spacial score (nSPS) is 12.3. The molecular formula is C21H23FN4O7. The molecule has 0 saturated carbocycles. The molecule has 2 aromatic rings. The number of halogens is 1. The minimum absolute atomic E-state index is 0.0328. The molecule has 0 saturated heterocycles. The Kier molecular flexibility index (Phi) is 9.24. The van der Waals surface area contributed by atoms with Crippen molar-refractivity contribution in [2.45, 2.75) is 31.6 Å². The van der Waals surface area contributed by atoms with Gasteiger partial charge in [0.25, 0.3) is 0 Å². The number of nitro groups is 1. The minimum atomic E-state index is -1.28. The number of carbonyl (C=O) groups excluding carboxylic acids is 3. The Morgan fingerprint density at radius 2 is 1.85 bits per heavy atom. The molecular weight excluding hydrogens is 439 g/mol. The van der Waals surface area contributed by atoms with Crippen LogP contribution in [0.4, 0.5) is 14.9 Å². The first-order valence-corrected chi connectivity index (χ1v) is 9.79. The summed E-state index contributed by atoms with van der Waals surface area (Å²) in [7, 11) is 0. The summed E-state index contributed by atoms with van der Waals surface area (Å²) < 4.78 is 18.4. The molecule has 2 rings (SSSR count). The molecule has 33 heavy (non-hydrogen) atoms. The Morgan fingerprint density at radius 1 is 1.15 bits per heavy atom. The summed E-state index contributed by atoms with van der Waals surface area (Å²) in [6.45, 7) is -0.252. The van der Waals surface area contributed by atoms with E-state index in [0.29, 0.717) is 0 Å². The van der Waals surface area contributed by atoms with E-state index in [1.807, 2.05) is 6.07 Å². The number of nitrogens with zero attached hydrogens (tertiary/aromatic N) is 1. The zero-order valence-electron chi connectivity index (χ0n) is 17.4. The molecule has 176 valence electrons. The molecule has 0 heterocycles. The van der Waals surface area contributed by atoms with Gasteiger partial charge < -0.3 is 26.2 Å². The lowest BCUT2D eigenvalue weighted by Crippen LogP contribution is -2.47. The molecule has 0 spiro atoms. The van der Waals surface area contributed by atoms with Crippen LogP contribution in [0.15, 0.2) is 48.5 Å². The van der Waals surface area contributed by atoms with Crippen molar-refractivity contribution in [3.63, 3.8) is 0 Å². The number of benzene rings is 2. The lowest BCUT2D eigenvalue weighted by Gasteiger charge is -2.17. The van der Waals surface area contributed by atoms with Crippen molar-refractivity contribution < 1.29 is 33.5 Å². The van der Waals surface area contributed by atoms with Crippen molar-refractivity contribution in [1.29, 1.82) is 0 Å². The second kappa shape index (κ2) is 12.1. The molecule has 0 aliphatic carbocycles. The van der Waals surface area contributed by atoms with Gasteiger partial charge >= 0.3 is 11.8 Å². The van der Waals surface area contributed by atoms with Crippen molar-refractivity contribution in [3.8, 4) is 0 Å². The minimum Gasteiger partial charge on any atom is -0.445 e. The van der Waals surface area contributed by atoms with Crippen LogP contribution in [-0.2, 0) is 27.4 Å². The molecule has 0 aliphatic rings. The van der Waals surface area contributed by atoms with Gasteiger partial charge in [-0.3, -0.25) is 19.7 Å². The third-order valence-electron chi connectivity index (χ3n) is 4.44. The van der Waals surface area contributed by atoms with Gasteiger partial charge in [-0.05, 0) is 17.2 Å². The predicted octanol–water partition coefficient (Wildman–Crippen LogP) is 0.924. The van der Waals surface area contributed by atoms with Crippen molar-refractivity contribution in [2.75, 3.05) is 6.54 Å². The third-order valence-corrected chi connectivity index (χ3v) is 4.44. The third kappa shape index (κ3) is 8.53. The maximum Gasteiger partial charge on any atom is 0.407 e. The molecule has 0 radical (unpaired) electrons. The van der Waals surface area contributed by atoms with Gasteiger partial charge in [0.15, 0.2) is 0 Å². The zero-order valence-corrected chi connectivity index (χ0v) is 17.4. The number of nitro benzene ring substituents is 1. The number of hydrogen-bond donors (Lipinski definition) is 4. The summed E-state index contributed by atoms with van der Waals surface area (Å²) in [4.78, 5) is 45.5. The standard InChI is InChI=1S/C21H23FN4O7/c22-16-7-6-14(9-18(16)26(31)32)8-17(20(23)29)25-19(28)10-15(27)11-24-21(30)33-12-13-4-2-1-3-5-13/h1-7,9,15,17,27H,8,10-12H2,(H2,23,29)(H,24,30)(H,25,28)/t15-,17-/m0/s1. The fraction of sp³-hybridized carbons (Fsp3) is 0.286. The number of carbonyl (C=O) groups is 3. The predicted molar refractivity (Wildman–Crippen MR) is 113 cm³/mol. The Bertz CT molecular complexity index is 1000. The van der Waals surface area contributed by atoms with E-state index in [1.165, 1.54) is 6.07 Å². The Balaban J connectivity index is 1.81. The molecule has 5 N–H and O–H groups in total. The highest BCUT2D eigenvalue weighted by molar-refractivity contribution is 5.87. The van der Waals surface area contributed by atoms with E-state index >= 15 is 0 Å². The SMILES string of the molecule is NC(=O)[C@H](Cc1ccc(F)c([N+](=O)[O-])c1)NC(=O)C[C@H](O)CNC(=O)OCc1ccccc1. The van der Waals surface area contributed by atoms with E-state index < -0.39 is 52.9 Å². The second-order valence-corrected chi connectivity index (χ2v) is 7.07. The molecule has 2 aromatic carbocycles. The van der Waals surface area contributed by atoms with Crippen LogP contribution >= 0.6 is 0 Å². The Morgan fingerprint density at radius 3 is 2.48 bits per heavy atom. The maximum atomic E-state index is 13.5. The van der Waals surface area contributed by atoms with Crippen molar-refractivity contribution in [2.24, 2.45) is 5.73 Å². The van der Waals surface area contributed by atoms with Crippen molar-refractivity contribution in [1.82, 2.24) is 10.6 Å². The van der Waals surface area contributed by atoms with Crippen molar-refractivity contribution in [3.05, 3.63) is 75.6 Å². The second-order valence-electron chi connectivity index (χ2n) is 7.07. The van der Waals surface area contributed by atoms with Gasteiger partial charge in [-0.2, -0.15) is 4.39 Å². The molecule has 3 amide bonds. The molecule has 2 atom stereocenters. The van der Waals surface area contributed by atoms with Gasteiger partial charge in [-0.15, -0.1) is 0 Å². The fourth-order valence-electron chi connectivity index (χ4n) is 2.80. The topological polar surface area (TPSA) is 174 Å². The van der Waals surface area contributed by atoms with Gasteiger partial charge in [0.1, 0.15) is 12.6 Å². The van der Waals surface area contributed by atoms with E-state index in [1.54, 1.807) is 24.3 Å². The summed E-state index contributed by atoms with van der Waals surface area (Å²) in [6.07, 6.45) is -2.75. The van der Waals surface area contributed by atoms with Gasteiger partial charge in [-0.25, -0.2) is 4.79 Å². The van der Waals surface area contributed by atoms with Gasteiger partial charge in [0.05, 0.1) is 17.4 Å². The van der Waals surface area contributed by atoms with Crippen LogP contribution in [0.3, 0.4) is 0 Å². The molecule has 12 heteroatoms. The first-order chi connectivity index (χ1) is 15.7. The van der Waals surface area contributed by atoms with E-state index in [4.69, 9.17) is 10.5 Å². The number of nitrogens with one attached hydrogen (secondary N) is 2. The van der Waals surface area contributed by atoms with Crippen LogP contribution < -0.4 is 16.4 Å². The number of alkyl carbamates (subject to hydrolysis) is 1. The monoisotopic (exact) mass is 462 g/mol. The van der Waals surface area contributed by atoms with Crippen molar-refractivity contribution >= 4 is 23.6 Å². The van der Waals surface area contributed by atoms with Crippen LogP contribution in [-0.4, -0.2) is 46.6 Å². The average Bonchev–Trinajstić information content (AvgIpc) is 2.77. The maximum absolute atomic E-state index is 13.5. The van der Waals surface area contributed by atoms with Crippen LogP contribution in [0.25, 0.3) is 0 Å². The largest absolute Gasteiger partial charge is 0.445 e. The highest BCUT2D eigenvalue weighted by Gasteiger charge is 2.23.